The van der Waals surface area contributed by atoms with Crippen LogP contribution in [-0.2, 0) is 19.0 Å². The summed E-state index contributed by atoms with van der Waals surface area (Å²) < 4.78 is 16.7. The predicted molar refractivity (Wildman–Crippen MR) is 102 cm³/mol. The molecule has 5 N–H and O–H groups in total. The smallest absolute Gasteiger partial charge is 0.334 e. The van der Waals surface area contributed by atoms with Gasteiger partial charge in [-0.15, -0.1) is 0 Å². The molecule has 0 amide bonds. The van der Waals surface area contributed by atoms with Gasteiger partial charge >= 0.3 is 5.97 Å². The number of fused-ring (bicyclic) bond motifs is 3. The van der Waals surface area contributed by atoms with Crippen LogP contribution in [0.3, 0.4) is 0 Å². The van der Waals surface area contributed by atoms with Gasteiger partial charge in [-0.25, -0.2) is 4.79 Å². The predicted octanol–water partition coefficient (Wildman–Crippen LogP) is -1.07. The summed E-state index contributed by atoms with van der Waals surface area (Å²) >= 11 is 0. The van der Waals surface area contributed by atoms with E-state index >= 15 is 0 Å². The highest BCUT2D eigenvalue weighted by atomic mass is 16.7. The van der Waals surface area contributed by atoms with Crippen molar-refractivity contribution in [2.24, 2.45) is 11.8 Å². The molecule has 2 aliphatic carbocycles. The zero-order valence-electron chi connectivity index (χ0n) is 16.7. The Morgan fingerprint density at radius 2 is 1.93 bits per heavy atom. The van der Waals surface area contributed by atoms with Gasteiger partial charge in [0, 0.05) is 17.4 Å². The minimum Gasteiger partial charge on any atom is -0.457 e. The second-order valence-corrected chi connectivity index (χ2v) is 8.43. The van der Waals surface area contributed by atoms with Crippen molar-refractivity contribution in [3.8, 4) is 0 Å². The summed E-state index contributed by atoms with van der Waals surface area (Å²) in [5.74, 6) is -1.05. The Hall–Kier alpha value is -1.59. The molecule has 0 bridgehead atoms. The normalized spacial score (nSPS) is 43.8. The highest BCUT2D eigenvalue weighted by Gasteiger charge is 2.50. The van der Waals surface area contributed by atoms with Crippen molar-refractivity contribution in [3.05, 3.63) is 34.9 Å². The molecule has 9 nitrogen and oxygen atoms in total. The molecule has 4 unspecified atom stereocenters. The molecule has 30 heavy (non-hydrogen) atoms. The van der Waals surface area contributed by atoms with Crippen molar-refractivity contribution in [2.75, 3.05) is 13.2 Å². The number of allylic oxidation sites excluding steroid dienone is 1. The Morgan fingerprint density at radius 3 is 2.63 bits per heavy atom. The largest absolute Gasteiger partial charge is 0.457 e. The van der Waals surface area contributed by atoms with Crippen molar-refractivity contribution in [1.82, 2.24) is 0 Å². The molecule has 9 heteroatoms. The summed E-state index contributed by atoms with van der Waals surface area (Å²) in [5.41, 5.74) is 2.99. The van der Waals surface area contributed by atoms with Crippen molar-refractivity contribution in [2.45, 2.75) is 62.7 Å². The number of aliphatic hydroxyl groups is 5. The molecule has 0 saturated carbocycles. The summed E-state index contributed by atoms with van der Waals surface area (Å²) in [6, 6.07) is 0. The van der Waals surface area contributed by atoms with Crippen LogP contribution >= 0.6 is 0 Å². The van der Waals surface area contributed by atoms with Crippen LogP contribution < -0.4 is 0 Å². The second kappa shape index (κ2) is 8.16. The summed E-state index contributed by atoms with van der Waals surface area (Å²) in [5, 5.41) is 49.9. The molecule has 0 radical (unpaired) electrons. The van der Waals surface area contributed by atoms with Crippen molar-refractivity contribution < 1.29 is 44.5 Å². The number of hydrogen-bond acceptors (Lipinski definition) is 9. The zero-order valence-corrected chi connectivity index (χ0v) is 16.7. The zero-order chi connectivity index (χ0) is 21.7. The standard InChI is InChI=1S/C21H28O9/c1-8-11-4-3-10(7-28-21-18(26)17(25)16(24)14(6-22)29-21)15(11)19-12(5-13(8)23)9(2)20(27)30-19/h3,12-19,21-26H,2,4-7H2,1H3/t12?,13?,14-,15?,16-,17+,18-,19?,21-/m1/s1. The number of rotatable bonds is 4. The number of aliphatic hydroxyl groups excluding tert-OH is 5. The molecule has 9 atom stereocenters. The van der Waals surface area contributed by atoms with E-state index in [4.69, 9.17) is 14.2 Å². The first-order valence-electron chi connectivity index (χ1n) is 10.1. The third-order valence-electron chi connectivity index (χ3n) is 6.78. The van der Waals surface area contributed by atoms with E-state index in [0.717, 1.165) is 16.7 Å². The average molecular weight is 424 g/mol. The van der Waals surface area contributed by atoms with Crippen LogP contribution in [0.15, 0.2) is 34.9 Å². The lowest BCUT2D eigenvalue weighted by molar-refractivity contribution is -0.299. The maximum atomic E-state index is 12.1. The van der Waals surface area contributed by atoms with Gasteiger partial charge < -0.3 is 39.7 Å². The van der Waals surface area contributed by atoms with Crippen LogP contribution in [0.5, 0.6) is 0 Å². The molecule has 0 aromatic rings. The van der Waals surface area contributed by atoms with E-state index in [-0.39, 0.29) is 18.4 Å². The minimum absolute atomic E-state index is 0.0213. The monoisotopic (exact) mass is 424 g/mol. The molecule has 2 heterocycles. The van der Waals surface area contributed by atoms with Gasteiger partial charge in [0.2, 0.25) is 0 Å². The highest BCUT2D eigenvalue weighted by Crippen LogP contribution is 2.48. The number of esters is 1. The van der Waals surface area contributed by atoms with Crippen LogP contribution in [0.1, 0.15) is 19.8 Å². The van der Waals surface area contributed by atoms with Crippen molar-refractivity contribution >= 4 is 5.97 Å². The van der Waals surface area contributed by atoms with Gasteiger partial charge in [-0.05, 0) is 30.9 Å². The van der Waals surface area contributed by atoms with E-state index in [1.165, 1.54) is 0 Å². The lowest BCUT2D eigenvalue weighted by Gasteiger charge is -2.39. The Balaban J connectivity index is 1.53. The van der Waals surface area contributed by atoms with Gasteiger partial charge in [0.1, 0.15) is 30.5 Å². The summed E-state index contributed by atoms with van der Waals surface area (Å²) in [4.78, 5) is 12.1. The molecular weight excluding hydrogens is 396 g/mol. The third-order valence-corrected chi connectivity index (χ3v) is 6.78. The molecular formula is C21H28O9. The molecule has 2 fully saturated rings. The van der Waals surface area contributed by atoms with E-state index in [1.54, 1.807) is 0 Å². The van der Waals surface area contributed by atoms with E-state index in [0.29, 0.717) is 18.4 Å². The van der Waals surface area contributed by atoms with Crippen LogP contribution in [0.2, 0.25) is 0 Å². The quantitative estimate of drug-likeness (QED) is 0.216. The van der Waals surface area contributed by atoms with E-state index < -0.39 is 55.5 Å². The Labute approximate surface area is 173 Å². The van der Waals surface area contributed by atoms with Gasteiger partial charge in [-0.1, -0.05) is 18.2 Å². The summed E-state index contributed by atoms with van der Waals surface area (Å²) in [6.45, 7) is 5.19. The third kappa shape index (κ3) is 3.44. The van der Waals surface area contributed by atoms with Gasteiger partial charge in [0.05, 0.1) is 19.3 Å². The Morgan fingerprint density at radius 1 is 1.20 bits per heavy atom. The van der Waals surface area contributed by atoms with Crippen LogP contribution in [0.4, 0.5) is 0 Å². The maximum Gasteiger partial charge on any atom is 0.334 e. The number of carbonyl (C=O) groups is 1. The van der Waals surface area contributed by atoms with Gasteiger partial charge in [0.25, 0.3) is 0 Å². The fourth-order valence-electron chi connectivity index (χ4n) is 4.91. The maximum absolute atomic E-state index is 12.1. The fraction of sp³-hybridized carbons (Fsp3) is 0.667. The molecule has 4 aliphatic rings. The average Bonchev–Trinajstić information content (AvgIpc) is 3.24. The van der Waals surface area contributed by atoms with Crippen LogP contribution in [0, 0.1) is 11.8 Å². The molecule has 2 aliphatic heterocycles. The molecule has 4 rings (SSSR count). The van der Waals surface area contributed by atoms with Gasteiger partial charge in [0.15, 0.2) is 6.29 Å². The first-order valence-corrected chi connectivity index (χ1v) is 10.1. The van der Waals surface area contributed by atoms with Gasteiger partial charge in [-0.3, -0.25) is 0 Å². The number of ether oxygens (including phenoxy) is 3. The number of carbonyl (C=O) groups excluding carboxylic acids is 1. The minimum atomic E-state index is -1.52. The van der Waals surface area contributed by atoms with E-state index in [1.807, 2.05) is 13.0 Å². The molecule has 0 spiro atoms. The lowest BCUT2D eigenvalue weighted by Crippen LogP contribution is -2.59. The fourth-order valence-corrected chi connectivity index (χ4v) is 4.91. The topological polar surface area (TPSA) is 146 Å². The first kappa shape index (κ1) is 21.6. The molecule has 0 aromatic heterocycles. The lowest BCUT2D eigenvalue weighted by atomic mass is 9.83. The van der Waals surface area contributed by atoms with E-state index in [2.05, 4.69) is 6.58 Å². The highest BCUT2D eigenvalue weighted by molar-refractivity contribution is 5.91. The van der Waals surface area contributed by atoms with Crippen LogP contribution in [0.25, 0.3) is 0 Å². The van der Waals surface area contributed by atoms with Gasteiger partial charge in [-0.2, -0.15) is 0 Å². The second-order valence-electron chi connectivity index (χ2n) is 8.43. The van der Waals surface area contributed by atoms with Crippen LogP contribution in [-0.4, -0.2) is 87.6 Å². The number of hydrogen-bond donors (Lipinski definition) is 5. The Kier molecular flexibility index (Phi) is 5.88. The first-order chi connectivity index (χ1) is 14.2. The van der Waals surface area contributed by atoms with E-state index in [9.17, 15) is 30.3 Å². The summed E-state index contributed by atoms with van der Waals surface area (Å²) in [6.07, 6.45) is -5.07. The SMILES string of the molecule is C=C1C(=O)OC2C1CC(O)C(C)=C1CC=C(CO[C@@H]3O[C@H](CO)[C@@H](O)[C@H](O)[C@H]3O)C12. The van der Waals surface area contributed by atoms with Crippen molar-refractivity contribution in [1.29, 1.82) is 0 Å². The Bertz CT molecular complexity index is 785. The summed E-state index contributed by atoms with van der Waals surface area (Å²) in [7, 11) is 0. The van der Waals surface area contributed by atoms with Crippen molar-refractivity contribution in [3.63, 3.8) is 0 Å². The molecule has 0 aromatic carbocycles. The molecule has 2 saturated heterocycles. The molecule has 166 valence electrons.